The molecule has 1 heterocycles. The third-order valence-corrected chi connectivity index (χ3v) is 5.71. The number of hydrogen-bond donors (Lipinski definition) is 2. The van der Waals surface area contributed by atoms with Crippen LogP contribution in [0.3, 0.4) is 0 Å². The Morgan fingerprint density at radius 1 is 1.00 bits per heavy atom. The number of carbonyl (C=O) groups is 2. The van der Waals surface area contributed by atoms with Gasteiger partial charge in [0.15, 0.2) is 11.0 Å². The van der Waals surface area contributed by atoms with Gasteiger partial charge in [-0.2, -0.15) is 0 Å². The van der Waals surface area contributed by atoms with Crippen LogP contribution >= 0.6 is 11.8 Å². The Balaban J connectivity index is 1.47. The topological polar surface area (TPSA) is 88.9 Å². The average Bonchev–Trinajstić information content (AvgIpc) is 3.19. The first-order valence-corrected chi connectivity index (χ1v) is 11.3. The van der Waals surface area contributed by atoms with Crippen LogP contribution in [0.4, 0.5) is 0 Å². The number of benzene rings is 2. The molecule has 0 aliphatic rings. The van der Waals surface area contributed by atoms with Crippen molar-refractivity contribution in [3.8, 4) is 0 Å². The lowest BCUT2D eigenvalue weighted by molar-refractivity contribution is -0.118. The van der Waals surface area contributed by atoms with Crippen molar-refractivity contribution in [1.82, 2.24) is 25.4 Å². The summed E-state index contributed by atoms with van der Waals surface area (Å²) in [5.41, 5.74) is 2.90. The number of aryl methyl sites for hydroxylation is 1. The highest BCUT2D eigenvalue weighted by molar-refractivity contribution is 7.99. The van der Waals surface area contributed by atoms with Crippen LogP contribution < -0.4 is 10.6 Å². The molecule has 8 heteroatoms. The van der Waals surface area contributed by atoms with Crippen LogP contribution in [-0.2, 0) is 24.3 Å². The normalized spacial score (nSPS) is 10.6. The van der Waals surface area contributed by atoms with E-state index in [1.807, 2.05) is 60.9 Å². The molecule has 0 saturated carbocycles. The number of hydrogen-bond acceptors (Lipinski definition) is 5. The summed E-state index contributed by atoms with van der Waals surface area (Å²) >= 11 is 1.34. The zero-order chi connectivity index (χ0) is 22.1. The van der Waals surface area contributed by atoms with E-state index in [1.54, 1.807) is 12.1 Å². The van der Waals surface area contributed by atoms with Gasteiger partial charge in [-0.05, 0) is 38.0 Å². The molecule has 0 aliphatic heterocycles. The standard InChI is InChI=1S/C23H27N5O2S/c1-3-28-20(15-25-22(30)19-11-9-17(2)10-12-19)26-27-23(28)31-16-21(29)24-14-13-18-7-5-4-6-8-18/h4-12H,3,13-16H2,1-2H3,(H,24,29)(H,25,30). The van der Waals surface area contributed by atoms with Crippen molar-refractivity contribution in [1.29, 1.82) is 0 Å². The second-order valence-electron chi connectivity index (χ2n) is 7.07. The molecule has 0 spiro atoms. The van der Waals surface area contributed by atoms with E-state index in [2.05, 4.69) is 20.8 Å². The van der Waals surface area contributed by atoms with Crippen LogP contribution in [0.1, 0.15) is 34.2 Å². The van der Waals surface area contributed by atoms with Gasteiger partial charge in [-0.15, -0.1) is 10.2 Å². The third-order valence-electron chi connectivity index (χ3n) is 4.74. The number of rotatable bonds is 10. The average molecular weight is 438 g/mol. The Kier molecular flexibility index (Phi) is 8.23. The van der Waals surface area contributed by atoms with E-state index in [4.69, 9.17) is 0 Å². The van der Waals surface area contributed by atoms with Gasteiger partial charge in [0, 0.05) is 18.7 Å². The first-order chi connectivity index (χ1) is 15.1. The summed E-state index contributed by atoms with van der Waals surface area (Å²) in [4.78, 5) is 24.5. The number of aromatic nitrogens is 3. The lowest BCUT2D eigenvalue weighted by Crippen LogP contribution is -2.27. The summed E-state index contributed by atoms with van der Waals surface area (Å²) < 4.78 is 1.91. The predicted molar refractivity (Wildman–Crippen MR) is 122 cm³/mol. The minimum Gasteiger partial charge on any atom is -0.355 e. The van der Waals surface area contributed by atoms with E-state index in [1.165, 1.54) is 17.3 Å². The maximum atomic E-state index is 12.3. The van der Waals surface area contributed by atoms with Crippen LogP contribution in [0, 0.1) is 6.92 Å². The summed E-state index contributed by atoms with van der Waals surface area (Å²) in [6, 6.07) is 17.5. The summed E-state index contributed by atoms with van der Waals surface area (Å²) in [5.74, 6) is 0.733. The fraction of sp³-hybridized carbons (Fsp3) is 0.304. The Morgan fingerprint density at radius 2 is 1.74 bits per heavy atom. The van der Waals surface area contributed by atoms with Crippen molar-refractivity contribution < 1.29 is 9.59 Å². The Bertz CT molecular complexity index is 1000. The molecule has 2 N–H and O–H groups in total. The van der Waals surface area contributed by atoms with Gasteiger partial charge < -0.3 is 15.2 Å². The first kappa shape index (κ1) is 22.6. The van der Waals surface area contributed by atoms with E-state index in [-0.39, 0.29) is 24.1 Å². The Labute approximate surface area is 186 Å². The fourth-order valence-corrected chi connectivity index (χ4v) is 3.86. The number of thioether (sulfide) groups is 1. The van der Waals surface area contributed by atoms with Crippen LogP contribution in [0.25, 0.3) is 0 Å². The lowest BCUT2D eigenvalue weighted by Gasteiger charge is -2.09. The molecule has 162 valence electrons. The summed E-state index contributed by atoms with van der Waals surface area (Å²) in [6.45, 7) is 5.49. The predicted octanol–water partition coefficient (Wildman–Crippen LogP) is 2.99. The van der Waals surface area contributed by atoms with E-state index in [9.17, 15) is 9.59 Å². The minimum atomic E-state index is -0.155. The highest BCUT2D eigenvalue weighted by Crippen LogP contribution is 2.17. The summed E-state index contributed by atoms with van der Waals surface area (Å²) in [5, 5.41) is 14.9. The SMILES string of the molecule is CCn1c(CNC(=O)c2ccc(C)cc2)nnc1SCC(=O)NCCc1ccccc1. The fourth-order valence-electron chi connectivity index (χ4n) is 3.01. The second-order valence-corrected chi connectivity index (χ2v) is 8.01. The quantitative estimate of drug-likeness (QED) is 0.476. The molecular weight excluding hydrogens is 410 g/mol. The zero-order valence-corrected chi connectivity index (χ0v) is 18.6. The molecule has 2 aromatic carbocycles. The van der Waals surface area contributed by atoms with Crippen molar-refractivity contribution in [2.75, 3.05) is 12.3 Å². The molecule has 3 aromatic rings. The van der Waals surface area contributed by atoms with Crippen molar-refractivity contribution in [2.45, 2.75) is 38.5 Å². The molecule has 0 unspecified atom stereocenters. The number of nitrogens with one attached hydrogen (secondary N) is 2. The molecule has 1 aromatic heterocycles. The van der Waals surface area contributed by atoms with Gasteiger partial charge in [0.25, 0.3) is 5.91 Å². The Hall–Kier alpha value is -3.13. The zero-order valence-electron chi connectivity index (χ0n) is 17.8. The molecule has 0 saturated heterocycles. The van der Waals surface area contributed by atoms with Crippen molar-refractivity contribution in [3.05, 3.63) is 77.1 Å². The summed E-state index contributed by atoms with van der Waals surface area (Å²) in [6.07, 6.45) is 0.799. The van der Waals surface area contributed by atoms with E-state index in [0.717, 1.165) is 12.0 Å². The minimum absolute atomic E-state index is 0.0409. The molecule has 7 nitrogen and oxygen atoms in total. The van der Waals surface area contributed by atoms with Crippen LogP contribution in [0.2, 0.25) is 0 Å². The molecular formula is C23H27N5O2S. The number of carbonyl (C=O) groups excluding carboxylic acids is 2. The molecule has 3 rings (SSSR count). The lowest BCUT2D eigenvalue weighted by atomic mass is 10.1. The van der Waals surface area contributed by atoms with Gasteiger partial charge in [0.05, 0.1) is 12.3 Å². The molecule has 0 atom stereocenters. The maximum absolute atomic E-state index is 12.3. The first-order valence-electron chi connectivity index (χ1n) is 10.3. The molecule has 0 aliphatic carbocycles. The largest absolute Gasteiger partial charge is 0.355 e. The number of amides is 2. The van der Waals surface area contributed by atoms with Crippen LogP contribution in [-0.4, -0.2) is 38.9 Å². The van der Waals surface area contributed by atoms with Gasteiger partial charge >= 0.3 is 0 Å². The highest BCUT2D eigenvalue weighted by Gasteiger charge is 2.14. The van der Waals surface area contributed by atoms with Gasteiger partial charge in [-0.1, -0.05) is 59.8 Å². The Morgan fingerprint density at radius 3 is 2.45 bits per heavy atom. The van der Waals surface area contributed by atoms with Crippen molar-refractivity contribution in [2.24, 2.45) is 0 Å². The van der Waals surface area contributed by atoms with Crippen LogP contribution in [0.5, 0.6) is 0 Å². The molecule has 31 heavy (non-hydrogen) atoms. The van der Waals surface area contributed by atoms with E-state index < -0.39 is 0 Å². The molecule has 0 fully saturated rings. The summed E-state index contributed by atoms with van der Waals surface area (Å²) in [7, 11) is 0. The highest BCUT2D eigenvalue weighted by atomic mass is 32.2. The molecule has 0 bridgehead atoms. The van der Waals surface area contributed by atoms with Crippen molar-refractivity contribution in [3.63, 3.8) is 0 Å². The van der Waals surface area contributed by atoms with Gasteiger partial charge in [0.1, 0.15) is 0 Å². The van der Waals surface area contributed by atoms with Crippen LogP contribution in [0.15, 0.2) is 59.8 Å². The number of nitrogens with zero attached hydrogens (tertiary/aromatic N) is 3. The van der Waals surface area contributed by atoms with Gasteiger partial charge in [-0.25, -0.2) is 0 Å². The maximum Gasteiger partial charge on any atom is 0.251 e. The van der Waals surface area contributed by atoms with E-state index in [0.29, 0.717) is 29.6 Å². The van der Waals surface area contributed by atoms with Gasteiger partial charge in [0.2, 0.25) is 5.91 Å². The molecule has 0 radical (unpaired) electrons. The third kappa shape index (κ3) is 6.68. The second kappa shape index (κ2) is 11.3. The smallest absolute Gasteiger partial charge is 0.251 e. The van der Waals surface area contributed by atoms with Gasteiger partial charge in [-0.3, -0.25) is 9.59 Å². The monoisotopic (exact) mass is 437 g/mol. The van der Waals surface area contributed by atoms with E-state index >= 15 is 0 Å². The van der Waals surface area contributed by atoms with Crippen molar-refractivity contribution >= 4 is 23.6 Å². The molecule has 2 amide bonds.